The molecule has 0 fully saturated rings. The van der Waals surface area contributed by atoms with Gasteiger partial charge in [-0.1, -0.05) is 100 Å². The van der Waals surface area contributed by atoms with Crippen molar-refractivity contribution >= 4 is 47.1 Å². The summed E-state index contributed by atoms with van der Waals surface area (Å²) in [4.78, 5) is 15.6. The van der Waals surface area contributed by atoms with Crippen LogP contribution in [0, 0.1) is 0 Å². The summed E-state index contributed by atoms with van der Waals surface area (Å²) < 4.78 is 0. The van der Waals surface area contributed by atoms with Gasteiger partial charge in [-0.3, -0.25) is 0 Å². The molecular weight excluding hydrogens is 725 g/mol. The molecule has 318 valence electrons. The minimum Gasteiger partial charge on any atom is -0.382 e. The van der Waals surface area contributed by atoms with Gasteiger partial charge in [0.2, 0.25) is 23.8 Å². The van der Waals surface area contributed by atoms with Crippen LogP contribution in [0.25, 0.3) is 0 Å². The molecule has 20 nitrogen and oxygen atoms in total. The number of rotatable bonds is 17. The molecule has 3 unspecified atom stereocenters. The summed E-state index contributed by atoms with van der Waals surface area (Å²) in [7, 11) is 0. The van der Waals surface area contributed by atoms with Gasteiger partial charge in [-0.05, 0) is 38.5 Å². The van der Waals surface area contributed by atoms with Gasteiger partial charge in [-0.2, -0.15) is 19.9 Å². The molecule has 0 spiro atoms. The summed E-state index contributed by atoms with van der Waals surface area (Å²) in [6, 6.07) is 0. The standard InChI is InChI=1S/2C10H19N5.C9H17N5.C8H15N5/c1-3-5-6-7(4-2)8-9(11)13-10(12)15-14-8;1-3-5-7(6-4-2)8-9(11)13-10(12)15-14-8;1-3-4-5-6(2)7-8(10)12-9(11)14-13-7;1-3-4-5(2)6-7(9)11-8(10)13-12-6/h2*7H,3-6H2,1-2H3,(H4,11,12,13,15);6H,3-5H2,1-2H3,(H4,10,11,12,14);5H,3-4H2,1-2H3,(H4,9,10,11,13). The molecule has 0 radical (unpaired) electrons. The molecular formula is C37H70N20. The van der Waals surface area contributed by atoms with Gasteiger partial charge < -0.3 is 45.9 Å². The van der Waals surface area contributed by atoms with Crippen molar-refractivity contribution in [1.29, 1.82) is 0 Å². The van der Waals surface area contributed by atoms with Crippen molar-refractivity contribution in [3.8, 4) is 0 Å². The fourth-order valence-corrected chi connectivity index (χ4v) is 6.04. The molecule has 57 heavy (non-hydrogen) atoms. The molecule has 0 aliphatic heterocycles. The Morgan fingerprint density at radius 1 is 0.351 bits per heavy atom. The molecule has 4 aromatic heterocycles. The molecule has 4 heterocycles. The zero-order chi connectivity index (χ0) is 42.9. The number of hydrogen-bond acceptors (Lipinski definition) is 20. The molecule has 0 aliphatic carbocycles. The third-order valence-electron chi connectivity index (χ3n) is 9.12. The predicted molar refractivity (Wildman–Crippen MR) is 231 cm³/mol. The molecule has 16 N–H and O–H groups in total. The van der Waals surface area contributed by atoms with Crippen molar-refractivity contribution in [2.45, 2.75) is 163 Å². The van der Waals surface area contributed by atoms with E-state index in [9.17, 15) is 0 Å². The van der Waals surface area contributed by atoms with E-state index in [1.54, 1.807) is 0 Å². The normalized spacial score (nSPS) is 12.2. The fraction of sp³-hybridized carbons (Fsp3) is 0.676. The van der Waals surface area contributed by atoms with Gasteiger partial charge in [0.25, 0.3) is 0 Å². The summed E-state index contributed by atoms with van der Waals surface area (Å²) in [6.07, 6.45) is 14.3. The average Bonchev–Trinajstić information content (AvgIpc) is 3.15. The fourth-order valence-electron chi connectivity index (χ4n) is 6.04. The maximum Gasteiger partial charge on any atom is 0.242 e. The lowest BCUT2D eigenvalue weighted by Gasteiger charge is -2.14. The Balaban J connectivity index is 0.000000381. The number of hydrogen-bond donors (Lipinski definition) is 8. The van der Waals surface area contributed by atoms with Crippen LogP contribution in [0.4, 0.5) is 47.1 Å². The largest absolute Gasteiger partial charge is 0.382 e. The Labute approximate surface area is 338 Å². The molecule has 4 rings (SSSR count). The predicted octanol–water partition coefficient (Wildman–Crippen LogP) is 5.71. The number of nitrogens with zero attached hydrogens (tertiary/aromatic N) is 12. The van der Waals surface area contributed by atoms with Crippen LogP contribution >= 0.6 is 0 Å². The second-order valence-corrected chi connectivity index (χ2v) is 14.0. The van der Waals surface area contributed by atoms with Crippen LogP contribution in [0.1, 0.15) is 185 Å². The topological polar surface area (TPSA) is 363 Å². The molecule has 0 aliphatic rings. The van der Waals surface area contributed by atoms with E-state index in [1.807, 2.05) is 0 Å². The number of nitrogens with two attached hydrogens (primary N) is 8. The van der Waals surface area contributed by atoms with Gasteiger partial charge in [-0.25, -0.2) is 0 Å². The number of anilines is 8. The summed E-state index contributed by atoms with van der Waals surface area (Å²) in [5.41, 5.74) is 47.5. The lowest BCUT2D eigenvalue weighted by Crippen LogP contribution is -2.11. The summed E-state index contributed by atoms with van der Waals surface area (Å²) >= 11 is 0. The Hall–Kier alpha value is -5.56. The second-order valence-electron chi connectivity index (χ2n) is 14.0. The lowest BCUT2D eigenvalue weighted by molar-refractivity contribution is 0.542. The first-order chi connectivity index (χ1) is 27.2. The third-order valence-corrected chi connectivity index (χ3v) is 9.12. The lowest BCUT2D eigenvalue weighted by atomic mass is 9.95. The van der Waals surface area contributed by atoms with Crippen LogP contribution in [-0.4, -0.2) is 60.7 Å². The highest BCUT2D eigenvalue weighted by molar-refractivity contribution is 5.41. The SMILES string of the molecule is CCCC(C)c1nnc(N)nc1N.CCCC(CCC)c1nnc(N)nc1N.CCCCC(C)c1nnc(N)nc1N.CCCCC(CC)c1nnc(N)nc1N. The summed E-state index contributed by atoms with van der Waals surface area (Å²) in [5.74, 6) is 3.50. The molecule has 3 atom stereocenters. The Morgan fingerprint density at radius 3 is 0.982 bits per heavy atom. The van der Waals surface area contributed by atoms with Gasteiger partial charge in [0.15, 0.2) is 23.3 Å². The molecule has 20 heteroatoms. The van der Waals surface area contributed by atoms with Crippen LogP contribution in [0.2, 0.25) is 0 Å². The zero-order valence-corrected chi connectivity index (χ0v) is 35.5. The van der Waals surface area contributed by atoms with Crippen LogP contribution in [0.3, 0.4) is 0 Å². The quantitative estimate of drug-likeness (QED) is 0.0634. The number of nitrogen functional groups attached to an aromatic ring is 8. The van der Waals surface area contributed by atoms with Crippen LogP contribution in [-0.2, 0) is 0 Å². The Morgan fingerprint density at radius 2 is 0.667 bits per heavy atom. The molecule has 0 bridgehead atoms. The first-order valence-electron chi connectivity index (χ1n) is 20.2. The van der Waals surface area contributed by atoms with E-state index in [1.165, 1.54) is 19.3 Å². The van der Waals surface area contributed by atoms with E-state index in [0.29, 0.717) is 46.9 Å². The monoisotopic (exact) mass is 795 g/mol. The van der Waals surface area contributed by atoms with Gasteiger partial charge >= 0.3 is 0 Å². The Kier molecular flexibility index (Phi) is 23.5. The van der Waals surface area contributed by atoms with E-state index < -0.39 is 0 Å². The minimum atomic E-state index is 0.130. The van der Waals surface area contributed by atoms with Gasteiger partial charge in [0, 0.05) is 23.7 Å². The minimum absolute atomic E-state index is 0.130. The van der Waals surface area contributed by atoms with Crippen LogP contribution < -0.4 is 45.9 Å². The van der Waals surface area contributed by atoms with Gasteiger partial charge in [0.1, 0.15) is 22.8 Å². The maximum absolute atomic E-state index is 5.79. The van der Waals surface area contributed by atoms with E-state index in [-0.39, 0.29) is 23.8 Å². The van der Waals surface area contributed by atoms with E-state index in [2.05, 4.69) is 116 Å². The summed E-state index contributed by atoms with van der Waals surface area (Å²) in [5, 5.41) is 30.9. The second kappa shape index (κ2) is 27.1. The first-order valence-corrected chi connectivity index (χ1v) is 20.2. The maximum atomic E-state index is 5.79. The van der Waals surface area contributed by atoms with E-state index in [0.717, 1.165) is 87.0 Å². The average molecular weight is 795 g/mol. The van der Waals surface area contributed by atoms with Crippen molar-refractivity contribution in [1.82, 2.24) is 60.7 Å². The van der Waals surface area contributed by atoms with Crippen LogP contribution in [0.5, 0.6) is 0 Å². The third kappa shape index (κ3) is 17.8. The van der Waals surface area contributed by atoms with E-state index >= 15 is 0 Å². The van der Waals surface area contributed by atoms with Gasteiger partial charge in [-0.15, -0.1) is 40.8 Å². The molecule has 4 aromatic rings. The molecule has 0 saturated carbocycles. The summed E-state index contributed by atoms with van der Waals surface area (Å²) in [6.45, 7) is 17.0. The van der Waals surface area contributed by atoms with Gasteiger partial charge in [0.05, 0.1) is 0 Å². The van der Waals surface area contributed by atoms with Crippen LogP contribution in [0.15, 0.2) is 0 Å². The zero-order valence-electron chi connectivity index (χ0n) is 35.5. The first kappa shape index (κ1) is 49.5. The Bertz CT molecular complexity index is 1700. The van der Waals surface area contributed by atoms with Crippen molar-refractivity contribution in [2.24, 2.45) is 0 Å². The molecule has 0 amide bonds. The van der Waals surface area contributed by atoms with Crippen molar-refractivity contribution in [2.75, 3.05) is 45.9 Å². The highest BCUT2D eigenvalue weighted by atomic mass is 15.2. The van der Waals surface area contributed by atoms with Crippen molar-refractivity contribution in [3.63, 3.8) is 0 Å². The molecule has 0 aromatic carbocycles. The molecule has 0 saturated heterocycles. The highest BCUT2D eigenvalue weighted by Gasteiger charge is 2.18. The van der Waals surface area contributed by atoms with E-state index in [4.69, 9.17) is 45.9 Å². The highest BCUT2D eigenvalue weighted by Crippen LogP contribution is 2.28. The van der Waals surface area contributed by atoms with Crippen molar-refractivity contribution < 1.29 is 0 Å². The van der Waals surface area contributed by atoms with Crippen molar-refractivity contribution in [3.05, 3.63) is 22.8 Å². The number of aromatic nitrogens is 12. The smallest absolute Gasteiger partial charge is 0.242 e. The number of unbranched alkanes of at least 4 members (excludes halogenated alkanes) is 2.